The molecule has 0 aromatic carbocycles. The summed E-state index contributed by atoms with van der Waals surface area (Å²) >= 11 is 0. The van der Waals surface area contributed by atoms with E-state index in [1.165, 1.54) is 0 Å². The predicted octanol–water partition coefficient (Wildman–Crippen LogP) is 2.08. The van der Waals surface area contributed by atoms with E-state index in [1.54, 1.807) is 12.4 Å². The number of hydrogen-bond donors (Lipinski definition) is 0. The highest BCUT2D eigenvalue weighted by Crippen LogP contribution is 1.91. The Morgan fingerprint density at radius 1 is 1.08 bits per heavy atom. The van der Waals surface area contributed by atoms with Gasteiger partial charge in [0.15, 0.2) is 0 Å². The number of pyridine rings is 1. The first-order valence-electron chi connectivity index (χ1n) is 4.28. The van der Waals surface area contributed by atoms with Gasteiger partial charge in [0.2, 0.25) is 0 Å². The molecule has 0 radical (unpaired) electrons. The molecule has 2 rings (SSSR count). The smallest absolute Gasteiger partial charge is 0.0353 e. The zero-order chi connectivity index (χ0) is 9.36. The molecule has 0 atom stereocenters. The molecule has 1 aliphatic rings. The first kappa shape index (κ1) is 9.52. The van der Waals surface area contributed by atoms with Crippen LogP contribution in [0.2, 0.25) is 0 Å². The normalized spacial score (nSPS) is 13.5. The van der Waals surface area contributed by atoms with Crippen molar-refractivity contribution in [3.63, 3.8) is 0 Å². The lowest BCUT2D eigenvalue weighted by atomic mass is 10.4. The van der Waals surface area contributed by atoms with Crippen LogP contribution in [0.15, 0.2) is 55.0 Å². The quantitative estimate of drug-likeness (QED) is 0.598. The fourth-order valence-corrected chi connectivity index (χ4v) is 0.876. The molecule has 0 bridgehead atoms. The molecule has 0 saturated heterocycles. The van der Waals surface area contributed by atoms with Gasteiger partial charge < -0.3 is 4.90 Å². The molecule has 0 unspecified atom stereocenters. The SMILES string of the molecule is CN1C=CC=CC1.c1ccncc1. The van der Waals surface area contributed by atoms with Crippen LogP contribution in [0.1, 0.15) is 0 Å². The molecule has 2 heteroatoms. The number of likely N-dealkylation sites (N-methyl/N-ethyl adjacent to an activating group) is 1. The largest absolute Gasteiger partial charge is 0.377 e. The van der Waals surface area contributed by atoms with Gasteiger partial charge in [-0.3, -0.25) is 4.98 Å². The lowest BCUT2D eigenvalue weighted by molar-refractivity contribution is 0.505. The third kappa shape index (κ3) is 4.80. The highest BCUT2D eigenvalue weighted by molar-refractivity contribution is 5.07. The van der Waals surface area contributed by atoms with Gasteiger partial charge in [-0.15, -0.1) is 0 Å². The maximum atomic E-state index is 3.78. The summed E-state index contributed by atoms with van der Waals surface area (Å²) in [6.45, 7) is 1.05. The Kier molecular flexibility index (Phi) is 4.39. The van der Waals surface area contributed by atoms with Gasteiger partial charge in [0.25, 0.3) is 0 Å². The van der Waals surface area contributed by atoms with Crippen molar-refractivity contribution in [1.82, 2.24) is 9.88 Å². The van der Waals surface area contributed by atoms with E-state index in [9.17, 15) is 0 Å². The van der Waals surface area contributed by atoms with Crippen molar-refractivity contribution in [2.75, 3.05) is 13.6 Å². The van der Waals surface area contributed by atoms with Crippen LogP contribution in [0, 0.1) is 0 Å². The second kappa shape index (κ2) is 6.00. The van der Waals surface area contributed by atoms with E-state index in [4.69, 9.17) is 0 Å². The number of hydrogen-bond acceptors (Lipinski definition) is 2. The fourth-order valence-electron chi connectivity index (χ4n) is 0.876. The molecule has 1 aromatic rings. The minimum atomic E-state index is 1.05. The lowest BCUT2D eigenvalue weighted by Crippen LogP contribution is -2.11. The molecule has 0 aliphatic carbocycles. The molecule has 68 valence electrons. The fraction of sp³-hybridized carbons (Fsp3) is 0.182. The molecule has 1 aromatic heterocycles. The molecule has 0 saturated carbocycles. The highest BCUT2D eigenvalue weighted by atomic mass is 15.1. The van der Waals surface area contributed by atoms with Gasteiger partial charge in [-0.05, 0) is 24.4 Å². The molecule has 1 aliphatic heterocycles. The van der Waals surface area contributed by atoms with E-state index in [-0.39, 0.29) is 0 Å². The van der Waals surface area contributed by atoms with E-state index in [0.717, 1.165) is 6.54 Å². The van der Waals surface area contributed by atoms with E-state index >= 15 is 0 Å². The molecule has 0 fully saturated rings. The number of nitrogens with zero attached hydrogens (tertiary/aromatic N) is 2. The van der Waals surface area contributed by atoms with Crippen molar-refractivity contribution < 1.29 is 0 Å². The molecular weight excluding hydrogens is 160 g/mol. The molecule has 2 heterocycles. The van der Waals surface area contributed by atoms with Crippen molar-refractivity contribution in [3.05, 3.63) is 55.0 Å². The molecule has 13 heavy (non-hydrogen) atoms. The highest BCUT2D eigenvalue weighted by Gasteiger charge is 1.86. The summed E-state index contributed by atoms with van der Waals surface area (Å²) in [6, 6.07) is 5.72. The Balaban J connectivity index is 0.000000132. The van der Waals surface area contributed by atoms with Crippen molar-refractivity contribution in [1.29, 1.82) is 0 Å². The van der Waals surface area contributed by atoms with Gasteiger partial charge in [-0.1, -0.05) is 18.2 Å². The Morgan fingerprint density at radius 3 is 2.08 bits per heavy atom. The van der Waals surface area contributed by atoms with Gasteiger partial charge >= 0.3 is 0 Å². The van der Waals surface area contributed by atoms with Crippen molar-refractivity contribution in [2.45, 2.75) is 0 Å². The monoisotopic (exact) mass is 174 g/mol. The first-order chi connectivity index (χ1) is 6.39. The summed E-state index contributed by atoms with van der Waals surface area (Å²) in [4.78, 5) is 5.91. The maximum absolute atomic E-state index is 3.78. The van der Waals surface area contributed by atoms with Gasteiger partial charge in [-0.2, -0.15) is 0 Å². The molecule has 0 spiro atoms. The van der Waals surface area contributed by atoms with Crippen LogP contribution in [-0.4, -0.2) is 23.5 Å². The van der Waals surface area contributed by atoms with E-state index in [0.29, 0.717) is 0 Å². The molecular formula is C11H14N2. The lowest BCUT2D eigenvalue weighted by Gasteiger charge is -2.11. The second-order valence-corrected chi connectivity index (χ2v) is 2.73. The van der Waals surface area contributed by atoms with Gasteiger partial charge in [0, 0.05) is 26.0 Å². The van der Waals surface area contributed by atoms with Crippen molar-refractivity contribution in [2.24, 2.45) is 0 Å². The van der Waals surface area contributed by atoms with Crippen LogP contribution in [0.25, 0.3) is 0 Å². The second-order valence-electron chi connectivity index (χ2n) is 2.73. The Bertz CT molecular complexity index is 238. The third-order valence-electron chi connectivity index (χ3n) is 1.55. The molecule has 2 nitrogen and oxygen atoms in total. The predicted molar refractivity (Wildman–Crippen MR) is 55.1 cm³/mol. The van der Waals surface area contributed by atoms with Crippen LogP contribution in [0.5, 0.6) is 0 Å². The average molecular weight is 174 g/mol. The Morgan fingerprint density at radius 2 is 1.85 bits per heavy atom. The standard InChI is InChI=1S/C6H9N.C5H5N/c1-7-5-3-2-4-6-7;1-2-4-6-5-3-1/h2-5H,6H2,1H3;1-5H. The van der Waals surface area contributed by atoms with Gasteiger partial charge in [-0.25, -0.2) is 0 Å². The van der Waals surface area contributed by atoms with E-state index < -0.39 is 0 Å². The molecule has 0 N–H and O–H groups in total. The van der Waals surface area contributed by atoms with Crippen molar-refractivity contribution in [3.8, 4) is 0 Å². The Hall–Kier alpha value is -1.57. The topological polar surface area (TPSA) is 16.1 Å². The maximum Gasteiger partial charge on any atom is 0.0353 e. The number of rotatable bonds is 0. The minimum Gasteiger partial charge on any atom is -0.377 e. The molecule has 0 amide bonds. The summed E-state index contributed by atoms with van der Waals surface area (Å²) in [5.41, 5.74) is 0. The third-order valence-corrected chi connectivity index (χ3v) is 1.55. The zero-order valence-electron chi connectivity index (χ0n) is 7.80. The summed E-state index contributed by atoms with van der Waals surface area (Å²) < 4.78 is 0. The summed E-state index contributed by atoms with van der Waals surface area (Å²) in [5.74, 6) is 0. The minimum absolute atomic E-state index is 1.05. The van der Waals surface area contributed by atoms with Crippen LogP contribution in [0.3, 0.4) is 0 Å². The Labute approximate surface area is 79.2 Å². The van der Waals surface area contributed by atoms with Gasteiger partial charge in [0.05, 0.1) is 0 Å². The van der Waals surface area contributed by atoms with Crippen molar-refractivity contribution >= 4 is 0 Å². The van der Waals surface area contributed by atoms with Crippen LogP contribution >= 0.6 is 0 Å². The van der Waals surface area contributed by atoms with E-state index in [1.807, 2.05) is 24.3 Å². The summed E-state index contributed by atoms with van der Waals surface area (Å²) in [7, 11) is 2.06. The van der Waals surface area contributed by atoms with Gasteiger partial charge in [0.1, 0.15) is 0 Å². The van der Waals surface area contributed by atoms with E-state index in [2.05, 4.69) is 35.3 Å². The number of allylic oxidation sites excluding steroid dienone is 2. The summed E-state index contributed by atoms with van der Waals surface area (Å²) in [6.07, 6.45) is 11.8. The van der Waals surface area contributed by atoms with Crippen LogP contribution in [-0.2, 0) is 0 Å². The average Bonchev–Trinajstić information content (AvgIpc) is 2.22. The first-order valence-corrected chi connectivity index (χ1v) is 4.28. The number of aromatic nitrogens is 1. The zero-order valence-corrected chi connectivity index (χ0v) is 7.80. The summed E-state index contributed by atoms with van der Waals surface area (Å²) in [5, 5.41) is 0. The van der Waals surface area contributed by atoms with Crippen LogP contribution < -0.4 is 0 Å². The van der Waals surface area contributed by atoms with Crippen LogP contribution in [0.4, 0.5) is 0 Å².